The Bertz CT molecular complexity index is 821. The molecule has 1 heterocycles. The van der Waals surface area contributed by atoms with E-state index in [0.717, 1.165) is 25.7 Å². The van der Waals surface area contributed by atoms with E-state index in [0.29, 0.717) is 23.7 Å². The Hall–Kier alpha value is -2.12. The van der Waals surface area contributed by atoms with Crippen molar-refractivity contribution >= 4 is 16.0 Å². The monoisotopic (exact) mass is 377 g/mol. The average molecular weight is 377 g/mol. The van der Waals surface area contributed by atoms with E-state index in [-0.39, 0.29) is 11.4 Å². The van der Waals surface area contributed by atoms with Gasteiger partial charge >= 0.3 is 5.97 Å². The number of aliphatic carboxylic acids is 1. The van der Waals surface area contributed by atoms with Gasteiger partial charge < -0.3 is 9.52 Å². The summed E-state index contributed by atoms with van der Waals surface area (Å²) in [4.78, 5) is 11.8. The Balaban J connectivity index is 1.70. The van der Waals surface area contributed by atoms with Gasteiger partial charge in [-0.1, -0.05) is 37.8 Å². The molecule has 6 nitrogen and oxygen atoms in total. The van der Waals surface area contributed by atoms with Crippen molar-refractivity contribution in [2.75, 3.05) is 0 Å². The fourth-order valence-corrected chi connectivity index (χ4v) is 4.49. The Morgan fingerprint density at radius 1 is 1.19 bits per heavy atom. The number of hydrogen-bond donors (Lipinski definition) is 2. The maximum Gasteiger partial charge on any atom is 0.310 e. The predicted molar refractivity (Wildman–Crippen MR) is 96.1 cm³/mol. The topological polar surface area (TPSA) is 96.6 Å². The van der Waals surface area contributed by atoms with Crippen molar-refractivity contribution in [1.82, 2.24) is 4.72 Å². The van der Waals surface area contributed by atoms with Crippen LogP contribution in [0.2, 0.25) is 0 Å². The van der Waals surface area contributed by atoms with Crippen LogP contribution in [0.1, 0.15) is 49.3 Å². The summed E-state index contributed by atoms with van der Waals surface area (Å²) < 4.78 is 32.3. The lowest BCUT2D eigenvalue weighted by Crippen LogP contribution is -2.23. The third kappa shape index (κ3) is 4.53. The zero-order valence-electron chi connectivity index (χ0n) is 14.4. The van der Waals surface area contributed by atoms with Crippen LogP contribution in [-0.4, -0.2) is 19.5 Å². The highest BCUT2D eigenvalue weighted by molar-refractivity contribution is 7.89. The van der Waals surface area contributed by atoms with E-state index in [1.807, 2.05) is 0 Å². The summed E-state index contributed by atoms with van der Waals surface area (Å²) in [7, 11) is -3.68. The standard InChI is InChI=1S/C19H23NO5S/c21-19(22)18(12-14-4-1-2-5-14)15-7-9-17(10-8-15)26(23,24)20-13-16-6-3-11-25-16/h3,6-11,14,18,20H,1-2,4-5,12-13H2,(H,21,22). The first-order chi connectivity index (χ1) is 12.5. The molecule has 26 heavy (non-hydrogen) atoms. The summed E-state index contributed by atoms with van der Waals surface area (Å²) >= 11 is 0. The second-order valence-corrected chi connectivity index (χ2v) is 8.52. The molecule has 140 valence electrons. The van der Waals surface area contributed by atoms with Crippen molar-refractivity contribution in [2.45, 2.75) is 49.5 Å². The molecule has 0 aliphatic heterocycles. The van der Waals surface area contributed by atoms with Crippen LogP contribution in [0.4, 0.5) is 0 Å². The van der Waals surface area contributed by atoms with Crippen LogP contribution in [0, 0.1) is 5.92 Å². The number of carbonyl (C=O) groups is 1. The predicted octanol–water partition coefficient (Wildman–Crippen LogP) is 3.51. The summed E-state index contributed by atoms with van der Waals surface area (Å²) in [5.74, 6) is -0.489. The van der Waals surface area contributed by atoms with Gasteiger partial charge in [-0.3, -0.25) is 4.79 Å². The van der Waals surface area contributed by atoms with E-state index in [9.17, 15) is 18.3 Å². The van der Waals surface area contributed by atoms with Crippen molar-refractivity contribution in [3.63, 3.8) is 0 Å². The number of carboxylic acids is 1. The smallest absolute Gasteiger partial charge is 0.310 e. The molecule has 0 radical (unpaired) electrons. The fraction of sp³-hybridized carbons (Fsp3) is 0.421. The molecule has 0 bridgehead atoms. The molecule has 1 fully saturated rings. The molecule has 0 amide bonds. The average Bonchev–Trinajstić information content (AvgIpc) is 3.31. The summed E-state index contributed by atoms with van der Waals surface area (Å²) in [6.45, 7) is 0.0660. The van der Waals surface area contributed by atoms with Crippen molar-refractivity contribution < 1.29 is 22.7 Å². The van der Waals surface area contributed by atoms with Crippen LogP contribution >= 0.6 is 0 Å². The van der Waals surface area contributed by atoms with E-state index >= 15 is 0 Å². The third-order valence-corrected chi connectivity index (χ3v) is 6.37. The summed E-state index contributed by atoms with van der Waals surface area (Å²) in [6.07, 6.45) is 6.57. The second kappa shape index (κ2) is 8.05. The van der Waals surface area contributed by atoms with E-state index in [2.05, 4.69) is 4.72 Å². The van der Waals surface area contributed by atoms with Crippen molar-refractivity contribution in [3.05, 3.63) is 54.0 Å². The lowest BCUT2D eigenvalue weighted by molar-refractivity contribution is -0.139. The molecule has 1 aliphatic rings. The largest absolute Gasteiger partial charge is 0.481 e. The number of hydrogen-bond acceptors (Lipinski definition) is 4. The van der Waals surface area contributed by atoms with Gasteiger partial charge in [0.1, 0.15) is 5.76 Å². The highest BCUT2D eigenvalue weighted by Crippen LogP contribution is 2.34. The summed E-state index contributed by atoms with van der Waals surface area (Å²) in [5, 5.41) is 9.57. The van der Waals surface area contributed by atoms with Crippen LogP contribution < -0.4 is 4.72 Å². The molecule has 0 spiro atoms. The van der Waals surface area contributed by atoms with E-state index < -0.39 is 21.9 Å². The number of benzene rings is 1. The van der Waals surface area contributed by atoms with Crippen LogP contribution in [0.25, 0.3) is 0 Å². The first-order valence-electron chi connectivity index (χ1n) is 8.80. The number of carboxylic acid groups (broad SMARTS) is 1. The first-order valence-corrected chi connectivity index (χ1v) is 10.3. The Morgan fingerprint density at radius 3 is 2.46 bits per heavy atom. The van der Waals surface area contributed by atoms with Gasteiger partial charge in [-0.2, -0.15) is 0 Å². The maximum atomic E-state index is 12.4. The fourth-order valence-electron chi connectivity index (χ4n) is 3.50. The minimum absolute atomic E-state index is 0.0660. The van der Waals surface area contributed by atoms with Gasteiger partial charge in [0.05, 0.1) is 23.6 Å². The van der Waals surface area contributed by atoms with Crippen LogP contribution in [0.3, 0.4) is 0 Å². The van der Waals surface area contributed by atoms with Gasteiger partial charge in [-0.05, 0) is 42.2 Å². The third-order valence-electron chi connectivity index (χ3n) is 4.95. The number of rotatable bonds is 8. The van der Waals surface area contributed by atoms with Gasteiger partial charge in [0.15, 0.2) is 0 Å². The Kier molecular flexibility index (Phi) is 5.78. The molecule has 1 unspecified atom stereocenters. The van der Waals surface area contributed by atoms with E-state index in [1.165, 1.54) is 18.4 Å². The van der Waals surface area contributed by atoms with Crippen LogP contribution in [0.15, 0.2) is 52.0 Å². The molecule has 0 saturated heterocycles. The van der Waals surface area contributed by atoms with Crippen molar-refractivity contribution in [1.29, 1.82) is 0 Å². The summed E-state index contributed by atoms with van der Waals surface area (Å²) in [5.41, 5.74) is 0.648. The lowest BCUT2D eigenvalue weighted by atomic mass is 9.88. The molecule has 1 aromatic carbocycles. The SMILES string of the molecule is O=C(O)C(CC1CCCC1)c1ccc(S(=O)(=O)NCc2ccco2)cc1. The van der Waals surface area contributed by atoms with Crippen molar-refractivity contribution in [3.8, 4) is 0 Å². The molecule has 2 aromatic rings. The minimum atomic E-state index is -3.68. The molecule has 1 saturated carbocycles. The lowest BCUT2D eigenvalue weighted by Gasteiger charge is -2.17. The van der Waals surface area contributed by atoms with Crippen LogP contribution in [-0.2, 0) is 21.4 Å². The Labute approximate surface area is 153 Å². The van der Waals surface area contributed by atoms with Gasteiger partial charge in [-0.15, -0.1) is 0 Å². The first kappa shape index (κ1) is 18.7. The van der Waals surface area contributed by atoms with Crippen LogP contribution in [0.5, 0.6) is 0 Å². The second-order valence-electron chi connectivity index (χ2n) is 6.75. The van der Waals surface area contributed by atoms with E-state index in [1.54, 1.807) is 24.3 Å². The number of sulfonamides is 1. The molecular weight excluding hydrogens is 354 g/mol. The normalized spacial score (nSPS) is 16.6. The molecule has 1 atom stereocenters. The van der Waals surface area contributed by atoms with Gasteiger partial charge in [0.2, 0.25) is 10.0 Å². The van der Waals surface area contributed by atoms with Crippen molar-refractivity contribution in [2.24, 2.45) is 5.92 Å². The molecule has 1 aliphatic carbocycles. The molecular formula is C19H23NO5S. The molecule has 1 aromatic heterocycles. The highest BCUT2D eigenvalue weighted by atomic mass is 32.2. The summed E-state index contributed by atoms with van der Waals surface area (Å²) in [6, 6.07) is 9.51. The number of nitrogens with one attached hydrogen (secondary N) is 1. The van der Waals surface area contributed by atoms with Gasteiger partial charge in [0.25, 0.3) is 0 Å². The Morgan fingerprint density at radius 2 is 1.88 bits per heavy atom. The zero-order valence-corrected chi connectivity index (χ0v) is 15.2. The quantitative estimate of drug-likeness (QED) is 0.734. The molecule has 3 rings (SSSR count). The molecule has 2 N–H and O–H groups in total. The zero-order chi connectivity index (χ0) is 18.6. The highest BCUT2D eigenvalue weighted by Gasteiger charge is 2.26. The van der Waals surface area contributed by atoms with Gasteiger partial charge in [0, 0.05) is 0 Å². The van der Waals surface area contributed by atoms with Gasteiger partial charge in [-0.25, -0.2) is 13.1 Å². The maximum absolute atomic E-state index is 12.4. The van der Waals surface area contributed by atoms with E-state index in [4.69, 9.17) is 4.42 Å². The minimum Gasteiger partial charge on any atom is -0.481 e. The number of furan rings is 1. The molecule has 7 heteroatoms.